The van der Waals surface area contributed by atoms with Gasteiger partial charge < -0.3 is 9.53 Å². The molecule has 1 aromatic rings. The van der Waals surface area contributed by atoms with Crippen molar-refractivity contribution in [1.29, 1.82) is 0 Å². The summed E-state index contributed by atoms with van der Waals surface area (Å²) in [7, 11) is -1.86. The molecule has 0 amide bonds. The van der Waals surface area contributed by atoms with Crippen LogP contribution in [0.3, 0.4) is 0 Å². The van der Waals surface area contributed by atoms with Crippen LogP contribution in [-0.4, -0.2) is 13.4 Å². The highest BCUT2D eigenvalue weighted by molar-refractivity contribution is 6.74. The second-order valence-electron chi connectivity index (χ2n) is 8.73. The lowest BCUT2D eigenvalue weighted by atomic mass is 10.1. The summed E-state index contributed by atoms with van der Waals surface area (Å²) in [6.45, 7) is 17.6. The lowest BCUT2D eigenvalue weighted by Gasteiger charge is -2.36. The number of benzene rings is 1. The minimum absolute atomic E-state index is 0.159. The van der Waals surface area contributed by atoms with E-state index in [1.165, 1.54) is 11.1 Å². The number of hydrogen-bond acceptors (Lipinski definition) is 2. The minimum Gasteiger partial charge on any atom is -0.543 e. The molecule has 0 fully saturated rings. The van der Waals surface area contributed by atoms with Crippen LogP contribution in [0.5, 0.6) is 11.5 Å². The fraction of sp³-hybridized carbons (Fsp3) is 0.545. The maximum Gasteiger partial charge on any atom is 0.250 e. The van der Waals surface area contributed by atoms with Crippen LogP contribution in [0.4, 0.5) is 0 Å². The van der Waals surface area contributed by atoms with Crippen molar-refractivity contribution in [1.82, 2.24) is 0 Å². The van der Waals surface area contributed by atoms with Gasteiger partial charge in [0, 0.05) is 5.56 Å². The Morgan fingerprint density at radius 2 is 1.76 bits per heavy atom. The van der Waals surface area contributed by atoms with E-state index >= 15 is 0 Å². The number of phenols is 1. The van der Waals surface area contributed by atoms with Gasteiger partial charge in [0.1, 0.15) is 11.5 Å². The summed E-state index contributed by atoms with van der Waals surface area (Å²) in [5.41, 5.74) is 3.64. The first-order valence-electron chi connectivity index (χ1n) is 9.22. The summed E-state index contributed by atoms with van der Waals surface area (Å²) in [4.78, 5) is 0. The van der Waals surface area contributed by atoms with E-state index in [0.29, 0.717) is 5.75 Å². The topological polar surface area (TPSA) is 29.5 Å². The van der Waals surface area contributed by atoms with E-state index in [1.54, 1.807) is 6.07 Å². The van der Waals surface area contributed by atoms with Crippen molar-refractivity contribution in [3.05, 3.63) is 47.1 Å². The molecule has 0 heterocycles. The van der Waals surface area contributed by atoms with E-state index in [1.807, 2.05) is 12.1 Å². The number of rotatable bonds is 7. The quantitative estimate of drug-likeness (QED) is 0.418. The number of allylic oxidation sites excluding steroid dienone is 4. The Balaban J connectivity index is 2.83. The van der Waals surface area contributed by atoms with Crippen molar-refractivity contribution in [2.45, 2.75) is 78.9 Å². The second-order valence-corrected chi connectivity index (χ2v) is 13.5. The molecule has 0 bridgehead atoms. The molecular formula is C22H36O2Si. The van der Waals surface area contributed by atoms with Crippen LogP contribution in [0.1, 0.15) is 59.9 Å². The molecule has 0 radical (unpaired) electrons. The van der Waals surface area contributed by atoms with Crippen LogP contribution in [-0.2, 0) is 6.42 Å². The Kier molecular flexibility index (Phi) is 7.55. The number of phenolic OH excluding ortho intramolecular Hbond substituents is 1. The smallest absolute Gasteiger partial charge is 0.250 e. The van der Waals surface area contributed by atoms with Crippen molar-refractivity contribution in [3.63, 3.8) is 0 Å². The Hall–Kier alpha value is -1.48. The zero-order valence-electron chi connectivity index (χ0n) is 17.4. The maximum atomic E-state index is 10.2. The third-order valence-electron chi connectivity index (χ3n) is 4.99. The molecule has 1 rings (SSSR count). The van der Waals surface area contributed by atoms with Gasteiger partial charge in [0.2, 0.25) is 8.32 Å². The van der Waals surface area contributed by atoms with Gasteiger partial charge in [-0.1, -0.05) is 44.1 Å². The summed E-state index contributed by atoms with van der Waals surface area (Å²) in [5, 5.41) is 10.3. The minimum atomic E-state index is -1.86. The molecule has 0 unspecified atom stereocenters. The van der Waals surface area contributed by atoms with Crippen LogP contribution in [0.15, 0.2) is 41.5 Å². The van der Waals surface area contributed by atoms with Gasteiger partial charge in [0.15, 0.2) is 0 Å². The lowest BCUT2D eigenvalue weighted by molar-refractivity contribution is 0.463. The summed E-state index contributed by atoms with van der Waals surface area (Å²) < 4.78 is 6.36. The van der Waals surface area contributed by atoms with Gasteiger partial charge in [-0.25, -0.2) is 0 Å². The zero-order valence-corrected chi connectivity index (χ0v) is 18.4. The predicted molar refractivity (Wildman–Crippen MR) is 112 cm³/mol. The first-order valence-corrected chi connectivity index (χ1v) is 12.1. The molecule has 3 heteroatoms. The Morgan fingerprint density at radius 3 is 2.32 bits per heavy atom. The fourth-order valence-corrected chi connectivity index (χ4v) is 3.23. The van der Waals surface area contributed by atoms with Crippen LogP contribution >= 0.6 is 0 Å². The average molecular weight is 361 g/mol. The molecule has 0 aliphatic heterocycles. The first kappa shape index (κ1) is 21.6. The summed E-state index contributed by atoms with van der Waals surface area (Å²) >= 11 is 0. The van der Waals surface area contributed by atoms with Gasteiger partial charge in [0.05, 0.1) is 0 Å². The summed E-state index contributed by atoms with van der Waals surface area (Å²) in [6, 6.07) is 5.63. The standard InChI is InChI=1S/C22H36O2Si/c1-17(2)10-9-11-18(3)12-13-19-16-20(14-15-21(19)23)24-25(7,8)22(4,5)6/h10,12,14-16,23H,9,11,13H2,1-8H3/b18-12+. The average Bonchev–Trinajstić information content (AvgIpc) is 2.46. The SMILES string of the molecule is CC(C)=CCC/C(C)=C/Cc1cc(O[Si](C)(C)C(C)(C)C)ccc1O. The molecule has 0 aromatic heterocycles. The normalized spacial score (nSPS) is 12.9. The highest BCUT2D eigenvalue weighted by Gasteiger charge is 2.39. The first-order chi connectivity index (χ1) is 11.4. The Labute approximate surface area is 155 Å². The molecule has 25 heavy (non-hydrogen) atoms. The molecule has 0 spiro atoms. The third-order valence-corrected chi connectivity index (χ3v) is 9.35. The van der Waals surface area contributed by atoms with Crippen LogP contribution < -0.4 is 4.43 Å². The molecule has 0 saturated heterocycles. The van der Waals surface area contributed by atoms with E-state index in [4.69, 9.17) is 4.43 Å². The van der Waals surface area contributed by atoms with Crippen molar-refractivity contribution < 1.29 is 9.53 Å². The highest BCUT2D eigenvalue weighted by atomic mass is 28.4. The zero-order chi connectivity index (χ0) is 19.3. The largest absolute Gasteiger partial charge is 0.543 e. The second kappa shape index (κ2) is 8.75. The molecule has 0 saturated carbocycles. The third kappa shape index (κ3) is 7.11. The molecule has 1 N–H and O–H groups in total. The van der Waals surface area contributed by atoms with Gasteiger partial charge in [-0.05, 0) is 76.4 Å². The summed E-state index contributed by atoms with van der Waals surface area (Å²) in [5.74, 6) is 1.21. The van der Waals surface area contributed by atoms with Gasteiger partial charge in [-0.15, -0.1) is 0 Å². The Bertz CT molecular complexity index is 630. The van der Waals surface area contributed by atoms with E-state index in [-0.39, 0.29) is 5.04 Å². The van der Waals surface area contributed by atoms with E-state index in [9.17, 15) is 5.11 Å². The monoisotopic (exact) mass is 360 g/mol. The van der Waals surface area contributed by atoms with Gasteiger partial charge in [-0.2, -0.15) is 0 Å². The van der Waals surface area contributed by atoms with Gasteiger partial charge in [-0.3, -0.25) is 0 Å². The van der Waals surface area contributed by atoms with Gasteiger partial charge >= 0.3 is 0 Å². The molecule has 1 aromatic carbocycles. The molecule has 140 valence electrons. The fourth-order valence-electron chi connectivity index (χ4n) is 2.21. The molecule has 2 nitrogen and oxygen atoms in total. The van der Waals surface area contributed by atoms with Crippen molar-refractivity contribution in [2.75, 3.05) is 0 Å². The molecule has 0 aliphatic rings. The molecule has 0 atom stereocenters. The predicted octanol–water partition coefficient (Wildman–Crippen LogP) is 7.01. The van der Waals surface area contributed by atoms with E-state index in [0.717, 1.165) is 30.6 Å². The lowest BCUT2D eigenvalue weighted by Crippen LogP contribution is -2.43. The maximum absolute atomic E-state index is 10.2. The van der Waals surface area contributed by atoms with Crippen molar-refractivity contribution in [3.8, 4) is 11.5 Å². The molecular weight excluding hydrogens is 324 g/mol. The van der Waals surface area contributed by atoms with E-state index < -0.39 is 8.32 Å². The molecule has 0 aliphatic carbocycles. The number of hydrogen-bond donors (Lipinski definition) is 1. The van der Waals surface area contributed by atoms with Crippen molar-refractivity contribution >= 4 is 8.32 Å². The van der Waals surface area contributed by atoms with Crippen molar-refractivity contribution in [2.24, 2.45) is 0 Å². The summed E-state index contributed by atoms with van der Waals surface area (Å²) in [6.07, 6.45) is 7.35. The van der Waals surface area contributed by atoms with Gasteiger partial charge in [0.25, 0.3) is 0 Å². The Morgan fingerprint density at radius 1 is 1.12 bits per heavy atom. The number of aromatic hydroxyl groups is 1. The van der Waals surface area contributed by atoms with Crippen LogP contribution in [0.25, 0.3) is 0 Å². The van der Waals surface area contributed by atoms with Crippen LogP contribution in [0, 0.1) is 0 Å². The highest BCUT2D eigenvalue weighted by Crippen LogP contribution is 2.38. The van der Waals surface area contributed by atoms with E-state index in [2.05, 4.69) is 66.8 Å². The van der Waals surface area contributed by atoms with Crippen LogP contribution in [0.2, 0.25) is 18.1 Å².